The van der Waals surface area contributed by atoms with Crippen LogP contribution in [-0.4, -0.2) is 40.9 Å². The normalized spacial score (nSPS) is 22.5. The molecule has 1 aliphatic heterocycles. The molecular weight excluding hydrogens is 302 g/mol. The van der Waals surface area contributed by atoms with E-state index in [1.54, 1.807) is 0 Å². The molecular formula is C15H23N3O3S. The van der Waals surface area contributed by atoms with Gasteiger partial charge in [0.2, 0.25) is 5.91 Å². The predicted octanol–water partition coefficient (Wildman–Crippen LogP) is 0.980. The van der Waals surface area contributed by atoms with Gasteiger partial charge in [0.05, 0.1) is 10.9 Å². The lowest BCUT2D eigenvalue weighted by molar-refractivity contribution is -0.119. The van der Waals surface area contributed by atoms with E-state index in [-0.39, 0.29) is 23.0 Å². The van der Waals surface area contributed by atoms with E-state index in [0.717, 1.165) is 37.2 Å². The average Bonchev–Trinajstić information content (AvgIpc) is 3.05. The number of rotatable bonds is 4. The Kier molecular flexibility index (Phi) is 4.25. The minimum atomic E-state index is -3.30. The second kappa shape index (κ2) is 6.02. The summed E-state index contributed by atoms with van der Waals surface area (Å²) >= 11 is 0. The van der Waals surface area contributed by atoms with E-state index in [1.807, 2.05) is 13.1 Å². The van der Waals surface area contributed by atoms with Crippen molar-refractivity contribution >= 4 is 15.7 Å². The third-order valence-electron chi connectivity index (χ3n) is 4.62. The van der Waals surface area contributed by atoms with E-state index in [4.69, 9.17) is 0 Å². The standard InChI is InChI=1S/C15H23N3O3S/c1-11-8-18-9-12(6-7-14(18)16-11)17-15(19)10-22(20,21)13-4-2-3-5-13/h8,12-13H,2-7,9-10H2,1H3,(H,17,19)/t12-/m0/s1. The fraction of sp³-hybridized carbons (Fsp3) is 0.733. The fourth-order valence-electron chi connectivity index (χ4n) is 3.52. The molecule has 1 saturated carbocycles. The number of imidazole rings is 1. The van der Waals surface area contributed by atoms with Crippen molar-refractivity contribution in [2.45, 2.75) is 63.3 Å². The maximum Gasteiger partial charge on any atom is 0.235 e. The lowest BCUT2D eigenvalue weighted by Gasteiger charge is -2.25. The molecule has 0 aromatic carbocycles. The zero-order valence-corrected chi connectivity index (χ0v) is 13.7. The molecule has 7 heteroatoms. The zero-order chi connectivity index (χ0) is 15.7. The van der Waals surface area contributed by atoms with Crippen molar-refractivity contribution in [3.05, 3.63) is 17.7 Å². The highest BCUT2D eigenvalue weighted by Crippen LogP contribution is 2.25. The first-order valence-corrected chi connectivity index (χ1v) is 9.69. The molecule has 0 spiro atoms. The molecule has 0 radical (unpaired) electrons. The number of aryl methyl sites for hydroxylation is 2. The van der Waals surface area contributed by atoms with Crippen molar-refractivity contribution in [2.75, 3.05) is 5.75 Å². The summed E-state index contributed by atoms with van der Waals surface area (Å²) in [4.78, 5) is 16.5. The van der Waals surface area contributed by atoms with Crippen LogP contribution in [0.5, 0.6) is 0 Å². The smallest absolute Gasteiger partial charge is 0.235 e. The zero-order valence-electron chi connectivity index (χ0n) is 12.9. The Labute approximate surface area is 131 Å². The number of fused-ring (bicyclic) bond motifs is 1. The lowest BCUT2D eigenvalue weighted by atomic mass is 10.1. The molecule has 1 N–H and O–H groups in total. The molecule has 1 fully saturated rings. The molecule has 1 atom stereocenters. The Morgan fingerprint density at radius 2 is 2.09 bits per heavy atom. The Balaban J connectivity index is 1.56. The number of hydrogen-bond acceptors (Lipinski definition) is 4. The molecule has 0 bridgehead atoms. The van der Waals surface area contributed by atoms with Gasteiger partial charge in [-0.25, -0.2) is 13.4 Å². The molecule has 0 unspecified atom stereocenters. The third kappa shape index (κ3) is 3.34. The minimum absolute atomic E-state index is 0.00706. The van der Waals surface area contributed by atoms with E-state index in [9.17, 15) is 13.2 Å². The minimum Gasteiger partial charge on any atom is -0.351 e. The van der Waals surface area contributed by atoms with Gasteiger partial charge < -0.3 is 9.88 Å². The van der Waals surface area contributed by atoms with Crippen molar-refractivity contribution in [2.24, 2.45) is 0 Å². The molecule has 6 nitrogen and oxygen atoms in total. The molecule has 0 saturated heterocycles. The number of nitrogens with one attached hydrogen (secondary N) is 1. The summed E-state index contributed by atoms with van der Waals surface area (Å²) in [6.45, 7) is 2.62. The molecule has 1 aromatic heterocycles. The van der Waals surface area contributed by atoms with Crippen LogP contribution in [0, 0.1) is 6.92 Å². The van der Waals surface area contributed by atoms with Crippen molar-refractivity contribution < 1.29 is 13.2 Å². The molecule has 1 aromatic rings. The number of amides is 1. The second-order valence-corrected chi connectivity index (χ2v) is 8.75. The average molecular weight is 325 g/mol. The molecule has 1 amide bonds. The first-order chi connectivity index (χ1) is 10.4. The number of carbonyl (C=O) groups is 1. The predicted molar refractivity (Wildman–Crippen MR) is 83.3 cm³/mol. The summed E-state index contributed by atoms with van der Waals surface area (Å²) in [5, 5.41) is 2.57. The maximum atomic E-state index is 12.2. The van der Waals surface area contributed by atoms with E-state index < -0.39 is 9.84 Å². The maximum absolute atomic E-state index is 12.2. The largest absolute Gasteiger partial charge is 0.351 e. The number of sulfone groups is 1. The lowest BCUT2D eigenvalue weighted by Crippen LogP contribution is -2.44. The summed E-state index contributed by atoms with van der Waals surface area (Å²) in [7, 11) is -3.30. The number of nitrogens with zero attached hydrogens (tertiary/aromatic N) is 2. The quantitative estimate of drug-likeness (QED) is 0.895. The number of carbonyl (C=O) groups excluding carboxylic acids is 1. The van der Waals surface area contributed by atoms with E-state index in [1.165, 1.54) is 0 Å². The Morgan fingerprint density at radius 3 is 2.82 bits per heavy atom. The van der Waals surface area contributed by atoms with Crippen LogP contribution in [-0.2, 0) is 27.6 Å². The van der Waals surface area contributed by atoms with Crippen molar-refractivity contribution in [1.82, 2.24) is 14.9 Å². The van der Waals surface area contributed by atoms with Gasteiger partial charge in [0.1, 0.15) is 11.6 Å². The number of hydrogen-bond donors (Lipinski definition) is 1. The van der Waals surface area contributed by atoms with Crippen LogP contribution < -0.4 is 5.32 Å². The highest BCUT2D eigenvalue weighted by atomic mass is 32.2. The van der Waals surface area contributed by atoms with Gasteiger partial charge in [-0.3, -0.25) is 4.79 Å². The van der Waals surface area contributed by atoms with Gasteiger partial charge in [-0.1, -0.05) is 12.8 Å². The van der Waals surface area contributed by atoms with Gasteiger partial charge in [-0.2, -0.15) is 0 Å². The van der Waals surface area contributed by atoms with Crippen LogP contribution >= 0.6 is 0 Å². The molecule has 2 heterocycles. The molecule has 3 rings (SSSR count). The topological polar surface area (TPSA) is 81.1 Å². The van der Waals surface area contributed by atoms with Crippen molar-refractivity contribution in [3.8, 4) is 0 Å². The summed E-state index contributed by atoms with van der Waals surface area (Å²) in [6, 6.07) is -0.00706. The van der Waals surface area contributed by atoms with Crippen LogP contribution in [0.1, 0.15) is 43.6 Å². The highest BCUT2D eigenvalue weighted by molar-refractivity contribution is 7.92. The fourth-order valence-corrected chi connectivity index (χ4v) is 5.26. The summed E-state index contributed by atoms with van der Waals surface area (Å²) < 4.78 is 26.5. The van der Waals surface area contributed by atoms with Crippen LogP contribution in [0.2, 0.25) is 0 Å². The highest BCUT2D eigenvalue weighted by Gasteiger charge is 2.31. The first kappa shape index (κ1) is 15.5. The third-order valence-corrected chi connectivity index (χ3v) is 6.77. The summed E-state index contributed by atoms with van der Waals surface area (Å²) in [5.41, 5.74) is 0.978. The van der Waals surface area contributed by atoms with Crippen molar-refractivity contribution in [1.29, 1.82) is 0 Å². The Hall–Kier alpha value is -1.37. The van der Waals surface area contributed by atoms with Gasteiger partial charge in [0, 0.05) is 25.2 Å². The van der Waals surface area contributed by atoms with E-state index in [2.05, 4.69) is 14.9 Å². The van der Waals surface area contributed by atoms with Gasteiger partial charge in [0.25, 0.3) is 0 Å². The molecule has 1 aliphatic carbocycles. The molecule has 22 heavy (non-hydrogen) atoms. The van der Waals surface area contributed by atoms with Gasteiger partial charge >= 0.3 is 0 Å². The SMILES string of the molecule is Cc1cn2c(n1)CC[C@H](NC(=O)CS(=O)(=O)C1CCCC1)C2. The van der Waals surface area contributed by atoms with Gasteiger partial charge in [-0.15, -0.1) is 0 Å². The van der Waals surface area contributed by atoms with Crippen LogP contribution in [0.3, 0.4) is 0 Å². The first-order valence-electron chi connectivity index (χ1n) is 7.97. The Morgan fingerprint density at radius 1 is 1.36 bits per heavy atom. The second-order valence-electron chi connectivity index (χ2n) is 6.47. The summed E-state index contributed by atoms with van der Waals surface area (Å²) in [5.74, 6) is 0.308. The number of aromatic nitrogens is 2. The van der Waals surface area contributed by atoms with Crippen LogP contribution in [0.4, 0.5) is 0 Å². The molecule has 2 aliphatic rings. The van der Waals surface area contributed by atoms with E-state index >= 15 is 0 Å². The Bertz CT molecular complexity index is 660. The summed E-state index contributed by atoms with van der Waals surface area (Å²) in [6.07, 6.45) is 6.92. The monoisotopic (exact) mass is 325 g/mol. The van der Waals surface area contributed by atoms with Crippen LogP contribution in [0.25, 0.3) is 0 Å². The molecule has 122 valence electrons. The van der Waals surface area contributed by atoms with E-state index in [0.29, 0.717) is 19.4 Å². The van der Waals surface area contributed by atoms with Gasteiger partial charge in [0.15, 0.2) is 9.84 Å². The van der Waals surface area contributed by atoms with Gasteiger partial charge in [-0.05, 0) is 26.2 Å². The van der Waals surface area contributed by atoms with Crippen LogP contribution in [0.15, 0.2) is 6.20 Å². The van der Waals surface area contributed by atoms with Crippen molar-refractivity contribution in [3.63, 3.8) is 0 Å².